The third-order valence-electron chi connectivity index (χ3n) is 6.53. The Morgan fingerprint density at radius 1 is 1.12 bits per heavy atom. The van der Waals surface area contributed by atoms with Gasteiger partial charge in [0.15, 0.2) is 6.61 Å². The minimum Gasteiger partial charge on any atom is -0.512 e. The number of nitrogens with one attached hydrogen (secondary N) is 1. The SMILES string of the molecule is Cc1cc(SC(C/C(O)=C/C(=N)c2ccc(F)cc2)C2SC(c3ccc(C(F)(F)F)cc3)=NC2C)ccc1OCC(=O)O. The van der Waals surface area contributed by atoms with Crippen molar-refractivity contribution in [3.05, 3.63) is 107 Å². The van der Waals surface area contributed by atoms with Gasteiger partial charge in [0.1, 0.15) is 11.6 Å². The number of aryl methyl sites for hydroxylation is 1. The molecule has 3 N–H and O–H groups in total. The van der Waals surface area contributed by atoms with Crippen LogP contribution in [0, 0.1) is 18.2 Å². The summed E-state index contributed by atoms with van der Waals surface area (Å²) in [6.07, 6.45) is -2.99. The molecule has 0 saturated heterocycles. The van der Waals surface area contributed by atoms with Crippen molar-refractivity contribution >= 4 is 40.2 Å². The second-order valence-electron chi connectivity index (χ2n) is 9.86. The Hall–Kier alpha value is -3.77. The van der Waals surface area contributed by atoms with Crippen LogP contribution in [0.25, 0.3) is 0 Å². The molecule has 3 aromatic carbocycles. The number of aliphatic carboxylic acids is 1. The molecule has 0 radical (unpaired) electrons. The molecule has 12 heteroatoms. The molecule has 0 spiro atoms. The molecule has 1 aliphatic rings. The van der Waals surface area contributed by atoms with Gasteiger partial charge in [-0.1, -0.05) is 23.9 Å². The number of nitrogens with zero attached hydrogens (tertiary/aromatic N) is 1. The molecule has 43 heavy (non-hydrogen) atoms. The Balaban J connectivity index is 1.57. The van der Waals surface area contributed by atoms with E-state index in [0.29, 0.717) is 21.9 Å². The number of benzene rings is 3. The summed E-state index contributed by atoms with van der Waals surface area (Å²) in [4.78, 5) is 16.4. The highest BCUT2D eigenvalue weighted by atomic mass is 32.2. The standard InChI is InChI=1S/C31H28F4N2O4S2/c1-17-13-24(11-12-26(17)41-16-28(39)40)42-27(15-23(38)14-25(36)19-5-9-22(32)10-6-19)29-18(2)37-30(43-29)20-3-7-21(8-4-20)31(33,34)35/h3-14,18,27,29,36,38H,15-16H2,1-2H3,(H,39,40)/b23-14-,36-25?. The quantitative estimate of drug-likeness (QED) is 0.0859. The number of carboxylic acid groups (broad SMARTS) is 1. The molecule has 3 unspecified atom stereocenters. The number of allylic oxidation sites excluding steroid dienone is 2. The summed E-state index contributed by atoms with van der Waals surface area (Å²) < 4.78 is 57.9. The van der Waals surface area contributed by atoms with Crippen molar-refractivity contribution in [1.82, 2.24) is 0 Å². The predicted octanol–water partition coefficient (Wildman–Crippen LogP) is 7.93. The minimum absolute atomic E-state index is 0.00541. The Bertz CT molecular complexity index is 1540. The van der Waals surface area contributed by atoms with Crippen molar-refractivity contribution in [3.8, 4) is 5.75 Å². The molecule has 3 aromatic rings. The summed E-state index contributed by atoms with van der Waals surface area (Å²) in [5.41, 5.74) is 0.969. The van der Waals surface area contributed by atoms with Gasteiger partial charge in [-0.15, -0.1) is 11.8 Å². The van der Waals surface area contributed by atoms with Crippen LogP contribution >= 0.6 is 23.5 Å². The van der Waals surface area contributed by atoms with Gasteiger partial charge in [0.2, 0.25) is 0 Å². The molecular formula is C31H28F4N2O4S2. The van der Waals surface area contributed by atoms with Crippen LogP contribution in [0.4, 0.5) is 17.6 Å². The summed E-state index contributed by atoms with van der Waals surface area (Å²) in [5, 5.41) is 28.3. The van der Waals surface area contributed by atoms with E-state index in [-0.39, 0.29) is 34.4 Å². The van der Waals surface area contributed by atoms with Crippen molar-refractivity contribution in [3.63, 3.8) is 0 Å². The van der Waals surface area contributed by atoms with E-state index in [9.17, 15) is 27.5 Å². The lowest BCUT2D eigenvalue weighted by Gasteiger charge is -2.25. The van der Waals surface area contributed by atoms with Crippen molar-refractivity contribution in [2.45, 2.75) is 47.9 Å². The number of aliphatic imine (C=N–C) groups is 1. The highest BCUT2D eigenvalue weighted by Crippen LogP contribution is 2.42. The normalized spacial score (nSPS) is 17.8. The van der Waals surface area contributed by atoms with Crippen LogP contribution in [0.5, 0.6) is 5.75 Å². The molecule has 6 nitrogen and oxygen atoms in total. The molecule has 3 atom stereocenters. The van der Waals surface area contributed by atoms with Gasteiger partial charge in [0.25, 0.3) is 0 Å². The van der Waals surface area contributed by atoms with Crippen molar-refractivity contribution in [2.24, 2.45) is 4.99 Å². The van der Waals surface area contributed by atoms with Crippen LogP contribution in [-0.2, 0) is 11.0 Å². The van der Waals surface area contributed by atoms with E-state index in [0.717, 1.165) is 22.6 Å². The Labute approximate surface area is 254 Å². The smallest absolute Gasteiger partial charge is 0.416 e. The molecule has 1 aliphatic heterocycles. The van der Waals surface area contributed by atoms with Gasteiger partial charge in [-0.3, -0.25) is 4.99 Å². The minimum atomic E-state index is -4.45. The first-order valence-electron chi connectivity index (χ1n) is 13.1. The maximum atomic E-state index is 13.3. The van der Waals surface area contributed by atoms with E-state index in [2.05, 4.69) is 0 Å². The van der Waals surface area contributed by atoms with Gasteiger partial charge < -0.3 is 20.4 Å². The zero-order chi connectivity index (χ0) is 31.3. The van der Waals surface area contributed by atoms with Gasteiger partial charge in [0, 0.05) is 33.5 Å². The maximum absolute atomic E-state index is 13.3. The first-order valence-corrected chi connectivity index (χ1v) is 14.8. The maximum Gasteiger partial charge on any atom is 0.416 e. The van der Waals surface area contributed by atoms with E-state index < -0.39 is 30.1 Å². The van der Waals surface area contributed by atoms with Crippen molar-refractivity contribution in [1.29, 1.82) is 5.41 Å². The van der Waals surface area contributed by atoms with Gasteiger partial charge in [-0.25, -0.2) is 9.18 Å². The molecule has 4 rings (SSSR count). The van der Waals surface area contributed by atoms with Crippen LogP contribution < -0.4 is 4.74 Å². The van der Waals surface area contributed by atoms with Crippen molar-refractivity contribution < 1.29 is 37.3 Å². The molecule has 226 valence electrons. The van der Waals surface area contributed by atoms with Crippen LogP contribution in [0.15, 0.2) is 88.5 Å². The second kappa shape index (κ2) is 13.7. The second-order valence-corrected chi connectivity index (χ2v) is 12.3. The fourth-order valence-electron chi connectivity index (χ4n) is 4.39. The first kappa shape index (κ1) is 32.2. The van der Waals surface area contributed by atoms with Gasteiger partial charge >= 0.3 is 12.1 Å². The Morgan fingerprint density at radius 3 is 2.40 bits per heavy atom. The number of aliphatic hydroxyl groups is 1. The number of hydrogen-bond donors (Lipinski definition) is 3. The molecule has 0 aromatic heterocycles. The molecular weight excluding hydrogens is 604 g/mol. The number of hydrogen-bond acceptors (Lipinski definition) is 7. The number of halogens is 4. The summed E-state index contributed by atoms with van der Waals surface area (Å²) in [6, 6.07) is 15.3. The largest absolute Gasteiger partial charge is 0.512 e. The fraction of sp³-hybridized carbons (Fsp3) is 0.258. The average molecular weight is 633 g/mol. The topological polar surface area (TPSA) is 103 Å². The number of alkyl halides is 3. The Kier molecular flexibility index (Phi) is 10.2. The number of rotatable bonds is 11. The van der Waals surface area contributed by atoms with Crippen LogP contribution in [-0.4, -0.2) is 50.1 Å². The van der Waals surface area contributed by atoms with E-state index in [4.69, 9.17) is 20.2 Å². The predicted molar refractivity (Wildman–Crippen MR) is 161 cm³/mol. The highest BCUT2D eigenvalue weighted by Gasteiger charge is 2.36. The fourth-order valence-corrected chi connectivity index (χ4v) is 7.34. The van der Waals surface area contributed by atoms with Crippen LogP contribution in [0.1, 0.15) is 35.6 Å². The molecule has 0 saturated carbocycles. The summed E-state index contributed by atoms with van der Waals surface area (Å²) in [6.45, 7) is 3.21. The van der Waals surface area contributed by atoms with E-state index in [1.54, 1.807) is 19.1 Å². The van der Waals surface area contributed by atoms with E-state index in [1.165, 1.54) is 66.0 Å². The lowest BCUT2D eigenvalue weighted by molar-refractivity contribution is -0.139. The molecule has 0 aliphatic carbocycles. The number of carbonyl (C=O) groups is 1. The van der Waals surface area contributed by atoms with Crippen molar-refractivity contribution in [2.75, 3.05) is 6.61 Å². The molecule has 0 bridgehead atoms. The molecule has 1 heterocycles. The third kappa shape index (κ3) is 8.64. The summed E-state index contributed by atoms with van der Waals surface area (Å²) >= 11 is 2.87. The summed E-state index contributed by atoms with van der Waals surface area (Å²) in [5.74, 6) is -1.18. The van der Waals surface area contributed by atoms with Gasteiger partial charge in [-0.2, -0.15) is 13.2 Å². The van der Waals surface area contributed by atoms with Gasteiger partial charge in [-0.05, 0) is 79.6 Å². The zero-order valence-electron chi connectivity index (χ0n) is 23.1. The lowest BCUT2D eigenvalue weighted by Crippen LogP contribution is -2.27. The van der Waals surface area contributed by atoms with E-state index in [1.807, 2.05) is 13.0 Å². The molecule has 0 amide bonds. The number of carboxylic acids is 1. The van der Waals surface area contributed by atoms with Crippen LogP contribution in [0.3, 0.4) is 0 Å². The summed E-state index contributed by atoms with van der Waals surface area (Å²) in [7, 11) is 0. The average Bonchev–Trinajstić information content (AvgIpc) is 3.33. The first-order chi connectivity index (χ1) is 20.3. The van der Waals surface area contributed by atoms with Crippen LogP contribution in [0.2, 0.25) is 0 Å². The van der Waals surface area contributed by atoms with E-state index >= 15 is 0 Å². The highest BCUT2D eigenvalue weighted by molar-refractivity contribution is 8.16. The molecule has 0 fully saturated rings. The number of thioether (sulfide) groups is 2. The lowest BCUT2D eigenvalue weighted by atomic mass is 10.1. The number of aliphatic hydroxyl groups excluding tert-OH is 1. The monoisotopic (exact) mass is 632 g/mol. The zero-order valence-corrected chi connectivity index (χ0v) is 24.7. The number of ether oxygens (including phenoxy) is 1. The van der Waals surface area contributed by atoms with Gasteiger partial charge in [0.05, 0.1) is 28.1 Å². The third-order valence-corrected chi connectivity index (χ3v) is 9.55. The Morgan fingerprint density at radius 2 is 1.79 bits per heavy atom.